The number of aryl methyl sites for hydroxylation is 1. The number of nitrogens with two attached hydrogens (primary N) is 1. The lowest BCUT2D eigenvalue weighted by Crippen LogP contribution is -2.16. The van der Waals surface area contributed by atoms with E-state index in [0.29, 0.717) is 18.6 Å². The molecule has 4 heteroatoms. The van der Waals surface area contributed by atoms with Gasteiger partial charge in [-0.1, -0.05) is 0 Å². The molecule has 1 rings (SSSR count). The SMILES string of the molecule is COCCc1nc(C)ccc1C(=N)N. The third kappa shape index (κ3) is 2.53. The van der Waals surface area contributed by atoms with Gasteiger partial charge in [0.25, 0.3) is 0 Å². The summed E-state index contributed by atoms with van der Waals surface area (Å²) in [5, 5.41) is 7.38. The summed E-state index contributed by atoms with van der Waals surface area (Å²) in [7, 11) is 1.64. The predicted octanol–water partition coefficient (Wildman–Crippen LogP) is 0.863. The largest absolute Gasteiger partial charge is 0.384 e. The fourth-order valence-electron chi connectivity index (χ4n) is 1.25. The van der Waals surface area contributed by atoms with Gasteiger partial charge < -0.3 is 10.5 Å². The second-order valence-corrected chi connectivity index (χ2v) is 3.10. The molecular weight excluding hydrogens is 178 g/mol. The van der Waals surface area contributed by atoms with Gasteiger partial charge >= 0.3 is 0 Å². The number of aromatic nitrogens is 1. The number of nitrogens with one attached hydrogen (secondary N) is 1. The predicted molar refractivity (Wildman–Crippen MR) is 55.6 cm³/mol. The van der Waals surface area contributed by atoms with Crippen LogP contribution in [0.4, 0.5) is 0 Å². The molecular formula is C10H15N3O. The molecule has 0 aliphatic carbocycles. The first-order valence-electron chi connectivity index (χ1n) is 4.45. The van der Waals surface area contributed by atoms with E-state index in [1.54, 1.807) is 7.11 Å². The lowest BCUT2D eigenvalue weighted by atomic mass is 10.1. The first-order chi connectivity index (χ1) is 6.65. The van der Waals surface area contributed by atoms with Gasteiger partial charge in [0.2, 0.25) is 0 Å². The number of rotatable bonds is 4. The number of ether oxygens (including phenoxy) is 1. The molecule has 0 unspecified atom stereocenters. The second-order valence-electron chi connectivity index (χ2n) is 3.10. The minimum Gasteiger partial charge on any atom is -0.384 e. The van der Waals surface area contributed by atoms with Crippen molar-refractivity contribution in [2.45, 2.75) is 13.3 Å². The molecule has 0 aliphatic rings. The molecule has 1 aromatic rings. The Balaban J connectivity index is 2.97. The highest BCUT2D eigenvalue weighted by molar-refractivity contribution is 5.95. The fourth-order valence-corrected chi connectivity index (χ4v) is 1.25. The van der Waals surface area contributed by atoms with Crippen molar-refractivity contribution < 1.29 is 4.74 Å². The summed E-state index contributed by atoms with van der Waals surface area (Å²) in [6.45, 7) is 2.51. The van der Waals surface area contributed by atoms with E-state index >= 15 is 0 Å². The van der Waals surface area contributed by atoms with E-state index in [1.807, 2.05) is 19.1 Å². The van der Waals surface area contributed by atoms with Gasteiger partial charge in [0.05, 0.1) is 12.3 Å². The van der Waals surface area contributed by atoms with Crippen LogP contribution in [-0.2, 0) is 11.2 Å². The van der Waals surface area contributed by atoms with Crippen LogP contribution in [0.25, 0.3) is 0 Å². The van der Waals surface area contributed by atoms with Crippen LogP contribution in [0.2, 0.25) is 0 Å². The van der Waals surface area contributed by atoms with E-state index < -0.39 is 0 Å². The number of nitrogens with zero attached hydrogens (tertiary/aromatic N) is 1. The van der Waals surface area contributed by atoms with Crippen molar-refractivity contribution in [2.75, 3.05) is 13.7 Å². The highest BCUT2D eigenvalue weighted by atomic mass is 16.5. The molecule has 0 bridgehead atoms. The zero-order chi connectivity index (χ0) is 10.6. The smallest absolute Gasteiger partial charge is 0.124 e. The average molecular weight is 193 g/mol. The molecule has 0 atom stereocenters. The average Bonchev–Trinajstić information content (AvgIpc) is 2.14. The quantitative estimate of drug-likeness (QED) is 0.550. The van der Waals surface area contributed by atoms with Crippen LogP contribution in [0.5, 0.6) is 0 Å². The van der Waals surface area contributed by atoms with Crippen molar-refractivity contribution in [1.29, 1.82) is 5.41 Å². The minimum atomic E-state index is 0.0589. The van der Waals surface area contributed by atoms with E-state index in [1.165, 1.54) is 0 Å². The van der Waals surface area contributed by atoms with Crippen LogP contribution in [0.15, 0.2) is 12.1 Å². The van der Waals surface area contributed by atoms with Gasteiger partial charge in [-0.3, -0.25) is 10.4 Å². The Morgan fingerprint density at radius 3 is 2.86 bits per heavy atom. The molecule has 14 heavy (non-hydrogen) atoms. The van der Waals surface area contributed by atoms with E-state index in [4.69, 9.17) is 15.9 Å². The van der Waals surface area contributed by atoms with Crippen LogP contribution >= 0.6 is 0 Å². The Morgan fingerprint density at radius 1 is 1.57 bits per heavy atom. The molecule has 1 aromatic heterocycles. The van der Waals surface area contributed by atoms with Gasteiger partial charge in [-0.25, -0.2) is 0 Å². The van der Waals surface area contributed by atoms with Gasteiger partial charge in [-0.2, -0.15) is 0 Å². The molecule has 1 heterocycles. The molecule has 0 spiro atoms. The normalized spacial score (nSPS) is 10.1. The molecule has 0 aromatic carbocycles. The number of hydrogen-bond donors (Lipinski definition) is 2. The number of pyridine rings is 1. The highest BCUT2D eigenvalue weighted by Gasteiger charge is 2.06. The maximum atomic E-state index is 7.38. The molecule has 3 N–H and O–H groups in total. The number of hydrogen-bond acceptors (Lipinski definition) is 3. The molecule has 0 amide bonds. The van der Waals surface area contributed by atoms with E-state index in [0.717, 1.165) is 11.4 Å². The topological polar surface area (TPSA) is 72.0 Å². The molecule has 0 aliphatic heterocycles. The van der Waals surface area contributed by atoms with Crippen LogP contribution in [0, 0.1) is 12.3 Å². The van der Waals surface area contributed by atoms with Crippen LogP contribution in [-0.4, -0.2) is 24.5 Å². The van der Waals surface area contributed by atoms with Crippen molar-refractivity contribution >= 4 is 5.84 Å². The maximum Gasteiger partial charge on any atom is 0.124 e. The van der Waals surface area contributed by atoms with Crippen molar-refractivity contribution in [1.82, 2.24) is 4.98 Å². The van der Waals surface area contributed by atoms with Gasteiger partial charge in [-0.15, -0.1) is 0 Å². The second kappa shape index (κ2) is 4.72. The Labute approximate surface area is 83.6 Å². The maximum absolute atomic E-state index is 7.38. The standard InChI is InChI=1S/C10H15N3O/c1-7-3-4-8(10(11)12)9(13-7)5-6-14-2/h3-4H,5-6H2,1-2H3,(H3,11,12). The third-order valence-electron chi connectivity index (χ3n) is 1.95. The first kappa shape index (κ1) is 10.7. The monoisotopic (exact) mass is 193 g/mol. The third-order valence-corrected chi connectivity index (χ3v) is 1.95. The molecule has 0 saturated carbocycles. The van der Waals surface area contributed by atoms with Crippen molar-refractivity contribution in [3.8, 4) is 0 Å². The van der Waals surface area contributed by atoms with Gasteiger partial charge in [0, 0.05) is 24.8 Å². The summed E-state index contributed by atoms with van der Waals surface area (Å²) in [5.41, 5.74) is 7.90. The Kier molecular flexibility index (Phi) is 3.59. The fraction of sp³-hybridized carbons (Fsp3) is 0.400. The summed E-state index contributed by atoms with van der Waals surface area (Å²) < 4.78 is 4.97. The lowest BCUT2D eigenvalue weighted by molar-refractivity contribution is 0.201. The highest BCUT2D eigenvalue weighted by Crippen LogP contribution is 2.07. The van der Waals surface area contributed by atoms with Crippen molar-refractivity contribution in [3.05, 3.63) is 29.1 Å². The van der Waals surface area contributed by atoms with Gasteiger partial charge in [0.1, 0.15) is 5.84 Å². The van der Waals surface area contributed by atoms with Crippen LogP contribution in [0.3, 0.4) is 0 Å². The summed E-state index contributed by atoms with van der Waals surface area (Å²) in [4.78, 5) is 4.33. The summed E-state index contributed by atoms with van der Waals surface area (Å²) in [6, 6.07) is 3.68. The number of nitrogen functional groups attached to an aromatic ring is 1. The zero-order valence-corrected chi connectivity index (χ0v) is 8.50. The lowest BCUT2D eigenvalue weighted by Gasteiger charge is -2.07. The Morgan fingerprint density at radius 2 is 2.29 bits per heavy atom. The molecule has 0 radical (unpaired) electrons. The molecule has 0 fully saturated rings. The summed E-state index contributed by atoms with van der Waals surface area (Å²) in [5.74, 6) is 0.0589. The van der Waals surface area contributed by atoms with Crippen molar-refractivity contribution in [2.24, 2.45) is 5.73 Å². The zero-order valence-electron chi connectivity index (χ0n) is 8.50. The van der Waals surface area contributed by atoms with Gasteiger partial charge in [-0.05, 0) is 19.1 Å². The Bertz CT molecular complexity index is 336. The molecule has 76 valence electrons. The number of amidine groups is 1. The molecule has 4 nitrogen and oxygen atoms in total. The first-order valence-corrected chi connectivity index (χ1v) is 4.45. The van der Waals surface area contributed by atoms with Crippen molar-refractivity contribution in [3.63, 3.8) is 0 Å². The van der Waals surface area contributed by atoms with Gasteiger partial charge in [0.15, 0.2) is 0 Å². The van der Waals surface area contributed by atoms with E-state index in [2.05, 4.69) is 4.98 Å². The van der Waals surface area contributed by atoms with Crippen LogP contribution < -0.4 is 5.73 Å². The summed E-state index contributed by atoms with van der Waals surface area (Å²) >= 11 is 0. The minimum absolute atomic E-state index is 0.0589. The van der Waals surface area contributed by atoms with Crippen LogP contribution in [0.1, 0.15) is 17.0 Å². The van der Waals surface area contributed by atoms with E-state index in [-0.39, 0.29) is 5.84 Å². The summed E-state index contributed by atoms with van der Waals surface area (Å²) in [6.07, 6.45) is 0.688. The Hall–Kier alpha value is -1.42. The molecule has 0 saturated heterocycles. The van der Waals surface area contributed by atoms with E-state index in [9.17, 15) is 0 Å². The number of methoxy groups -OCH3 is 1.